The molecule has 0 unspecified atom stereocenters. The fraction of sp³-hybridized carbons (Fsp3) is 0.143. The van der Waals surface area contributed by atoms with Crippen molar-refractivity contribution in [2.24, 2.45) is 0 Å². The molecule has 3 aromatic rings. The van der Waals surface area contributed by atoms with E-state index in [0.29, 0.717) is 30.3 Å². The maximum atomic E-state index is 13.4. The highest BCUT2D eigenvalue weighted by Crippen LogP contribution is 2.40. The Labute approximate surface area is 156 Å². The number of hydrogen-bond donors (Lipinski definition) is 1. The lowest BCUT2D eigenvalue weighted by Gasteiger charge is -2.37. The molecule has 27 heavy (non-hydrogen) atoms. The highest BCUT2D eigenvalue weighted by molar-refractivity contribution is 6.12. The van der Waals surface area contributed by atoms with Gasteiger partial charge in [0, 0.05) is 18.0 Å². The van der Waals surface area contributed by atoms with Gasteiger partial charge in [-0.25, -0.2) is 0 Å². The second-order valence-electron chi connectivity index (χ2n) is 6.35. The fourth-order valence-corrected chi connectivity index (χ4v) is 3.45. The van der Waals surface area contributed by atoms with Crippen LogP contribution in [0.5, 0.6) is 11.5 Å². The first-order valence-corrected chi connectivity index (χ1v) is 8.81. The Kier molecular flexibility index (Phi) is 3.67. The van der Waals surface area contributed by atoms with Crippen molar-refractivity contribution < 1.29 is 14.3 Å². The summed E-state index contributed by atoms with van der Waals surface area (Å²) in [7, 11) is 0. The molecule has 0 saturated heterocycles. The Morgan fingerprint density at radius 3 is 2.63 bits per heavy atom. The van der Waals surface area contributed by atoms with E-state index in [1.54, 1.807) is 11.1 Å². The smallest absolute Gasteiger partial charge is 0.262 e. The number of rotatable bonds is 2. The first kappa shape index (κ1) is 15.7. The van der Waals surface area contributed by atoms with Crippen molar-refractivity contribution in [2.75, 3.05) is 23.4 Å². The minimum Gasteiger partial charge on any atom is -0.486 e. The van der Waals surface area contributed by atoms with E-state index in [0.717, 1.165) is 17.1 Å². The molecular formula is C21H17N3O3. The van der Waals surface area contributed by atoms with E-state index < -0.39 is 6.17 Å². The molecule has 134 valence electrons. The summed E-state index contributed by atoms with van der Waals surface area (Å²) in [6.07, 6.45) is 1.31. The first-order chi connectivity index (χ1) is 13.3. The van der Waals surface area contributed by atoms with Crippen LogP contribution in [0.25, 0.3) is 0 Å². The summed E-state index contributed by atoms with van der Waals surface area (Å²) < 4.78 is 11.3. The number of hydrogen-bond acceptors (Lipinski definition) is 5. The van der Waals surface area contributed by atoms with Gasteiger partial charge < -0.3 is 14.8 Å². The number of carbonyl (C=O) groups is 1. The van der Waals surface area contributed by atoms with Crippen molar-refractivity contribution in [2.45, 2.75) is 6.17 Å². The highest BCUT2D eigenvalue weighted by Gasteiger charge is 2.35. The van der Waals surface area contributed by atoms with Crippen molar-refractivity contribution >= 4 is 17.3 Å². The van der Waals surface area contributed by atoms with Gasteiger partial charge in [-0.1, -0.05) is 18.2 Å². The third-order valence-corrected chi connectivity index (χ3v) is 4.70. The summed E-state index contributed by atoms with van der Waals surface area (Å²) in [6, 6.07) is 18.7. The zero-order valence-electron chi connectivity index (χ0n) is 14.5. The number of amides is 1. The summed E-state index contributed by atoms with van der Waals surface area (Å²) in [5, 5.41) is 3.44. The van der Waals surface area contributed by atoms with Gasteiger partial charge in [-0.05, 0) is 36.4 Å². The fourth-order valence-electron chi connectivity index (χ4n) is 3.45. The van der Waals surface area contributed by atoms with Crippen LogP contribution in [0.2, 0.25) is 0 Å². The number of fused-ring (bicyclic) bond motifs is 2. The lowest BCUT2D eigenvalue weighted by molar-refractivity contribution is 0.0974. The van der Waals surface area contributed by atoms with Crippen LogP contribution in [-0.4, -0.2) is 24.1 Å². The Balaban J connectivity index is 1.64. The summed E-state index contributed by atoms with van der Waals surface area (Å²) in [4.78, 5) is 19.5. The molecule has 3 heterocycles. The van der Waals surface area contributed by atoms with E-state index in [-0.39, 0.29) is 5.91 Å². The summed E-state index contributed by atoms with van der Waals surface area (Å²) in [5.41, 5.74) is 2.91. The maximum Gasteiger partial charge on any atom is 0.262 e. The third kappa shape index (κ3) is 2.66. The number of pyridine rings is 1. The lowest BCUT2D eigenvalue weighted by atomic mass is 10.0. The van der Waals surface area contributed by atoms with Crippen molar-refractivity contribution in [1.82, 2.24) is 4.98 Å². The number of benzene rings is 2. The Morgan fingerprint density at radius 1 is 0.963 bits per heavy atom. The summed E-state index contributed by atoms with van der Waals surface area (Å²) >= 11 is 0. The number of aromatic nitrogens is 1. The Hall–Kier alpha value is -3.54. The predicted octanol–water partition coefficient (Wildman–Crippen LogP) is 3.62. The van der Waals surface area contributed by atoms with Gasteiger partial charge >= 0.3 is 0 Å². The topological polar surface area (TPSA) is 63.7 Å². The average molecular weight is 359 g/mol. The van der Waals surface area contributed by atoms with Gasteiger partial charge in [-0.2, -0.15) is 0 Å². The van der Waals surface area contributed by atoms with Crippen molar-refractivity contribution in [3.05, 3.63) is 78.1 Å². The van der Waals surface area contributed by atoms with E-state index in [2.05, 4.69) is 10.3 Å². The van der Waals surface area contributed by atoms with Crippen LogP contribution in [0.15, 0.2) is 66.9 Å². The largest absolute Gasteiger partial charge is 0.486 e. The molecule has 1 N–H and O–H groups in total. The standard InChI is InChI=1S/C21H17N3O3/c25-21-15-5-1-2-6-16(15)23-20(17-7-3-4-10-22-17)24(21)14-8-9-18-19(13-14)27-12-11-26-18/h1-10,13,20,23H,11-12H2/t20-/m0/s1. The van der Waals surface area contributed by atoms with Crippen LogP contribution < -0.4 is 19.7 Å². The molecule has 0 fully saturated rings. The van der Waals surface area contributed by atoms with Crippen LogP contribution in [0.3, 0.4) is 0 Å². The van der Waals surface area contributed by atoms with Crippen LogP contribution in [0, 0.1) is 0 Å². The second kappa shape index (κ2) is 6.32. The van der Waals surface area contributed by atoms with Gasteiger partial charge in [0.05, 0.1) is 16.9 Å². The molecule has 0 saturated carbocycles. The van der Waals surface area contributed by atoms with Gasteiger partial charge in [-0.15, -0.1) is 0 Å². The van der Waals surface area contributed by atoms with Gasteiger partial charge in [0.1, 0.15) is 13.2 Å². The quantitative estimate of drug-likeness (QED) is 0.757. The van der Waals surface area contributed by atoms with E-state index in [1.807, 2.05) is 60.7 Å². The monoisotopic (exact) mass is 359 g/mol. The maximum absolute atomic E-state index is 13.4. The first-order valence-electron chi connectivity index (χ1n) is 8.81. The lowest BCUT2D eigenvalue weighted by Crippen LogP contribution is -2.43. The highest BCUT2D eigenvalue weighted by atomic mass is 16.6. The molecular weight excluding hydrogens is 342 g/mol. The van der Waals surface area contributed by atoms with Crippen molar-refractivity contribution in [1.29, 1.82) is 0 Å². The molecule has 0 radical (unpaired) electrons. The molecule has 6 nitrogen and oxygen atoms in total. The number of para-hydroxylation sites is 1. The molecule has 2 aliphatic rings. The molecule has 0 spiro atoms. The molecule has 1 atom stereocenters. The zero-order valence-corrected chi connectivity index (χ0v) is 14.5. The van der Waals surface area contributed by atoms with Gasteiger partial charge in [0.25, 0.3) is 5.91 Å². The van der Waals surface area contributed by atoms with E-state index in [4.69, 9.17) is 9.47 Å². The van der Waals surface area contributed by atoms with Crippen LogP contribution in [-0.2, 0) is 0 Å². The Bertz CT molecular complexity index is 1010. The van der Waals surface area contributed by atoms with Crippen LogP contribution in [0.1, 0.15) is 22.2 Å². The van der Waals surface area contributed by atoms with E-state index >= 15 is 0 Å². The molecule has 2 aromatic carbocycles. The second-order valence-corrected chi connectivity index (χ2v) is 6.35. The minimum atomic E-state index is -0.420. The predicted molar refractivity (Wildman–Crippen MR) is 101 cm³/mol. The SMILES string of the molecule is O=C1c2ccccc2N[C@H](c2ccccn2)N1c1ccc2c(c1)OCCO2. The third-order valence-electron chi connectivity index (χ3n) is 4.70. The molecule has 0 bridgehead atoms. The number of ether oxygens (including phenoxy) is 2. The molecule has 0 aliphatic carbocycles. The van der Waals surface area contributed by atoms with Gasteiger partial charge in [0.2, 0.25) is 0 Å². The van der Waals surface area contributed by atoms with E-state index in [9.17, 15) is 4.79 Å². The molecule has 2 aliphatic heterocycles. The number of nitrogens with zero attached hydrogens (tertiary/aromatic N) is 2. The van der Waals surface area contributed by atoms with Gasteiger partial charge in [0.15, 0.2) is 17.7 Å². The van der Waals surface area contributed by atoms with Crippen LogP contribution in [0.4, 0.5) is 11.4 Å². The van der Waals surface area contributed by atoms with Crippen LogP contribution >= 0.6 is 0 Å². The van der Waals surface area contributed by atoms with E-state index in [1.165, 1.54) is 0 Å². The van der Waals surface area contributed by atoms with Crippen molar-refractivity contribution in [3.8, 4) is 11.5 Å². The number of anilines is 2. The summed E-state index contributed by atoms with van der Waals surface area (Å²) in [6.45, 7) is 1.02. The van der Waals surface area contributed by atoms with Crippen molar-refractivity contribution in [3.63, 3.8) is 0 Å². The summed E-state index contributed by atoms with van der Waals surface area (Å²) in [5.74, 6) is 1.25. The molecule has 6 heteroatoms. The van der Waals surface area contributed by atoms with Gasteiger partial charge in [-0.3, -0.25) is 14.7 Å². The zero-order chi connectivity index (χ0) is 18.2. The molecule has 1 amide bonds. The Morgan fingerprint density at radius 2 is 1.78 bits per heavy atom. The normalized spacial score (nSPS) is 17.9. The average Bonchev–Trinajstić information content (AvgIpc) is 2.74. The molecule has 5 rings (SSSR count). The molecule has 1 aromatic heterocycles. The number of nitrogens with one attached hydrogen (secondary N) is 1. The number of carbonyl (C=O) groups excluding carboxylic acids is 1. The minimum absolute atomic E-state index is 0.0864.